The third-order valence-electron chi connectivity index (χ3n) is 8.99. The first kappa shape index (κ1) is 26.9. The minimum absolute atomic E-state index is 0.0954. The van der Waals surface area contributed by atoms with E-state index in [4.69, 9.17) is 0 Å². The van der Waals surface area contributed by atoms with E-state index < -0.39 is 0 Å². The molecule has 1 unspecified atom stereocenters. The van der Waals surface area contributed by atoms with Gasteiger partial charge in [-0.1, -0.05) is 104 Å². The van der Waals surface area contributed by atoms with Crippen molar-refractivity contribution in [3.05, 3.63) is 163 Å². The van der Waals surface area contributed by atoms with Crippen molar-refractivity contribution >= 4 is 49.9 Å². The Hall–Kier alpha value is -5.74. The number of benzene rings is 5. The fourth-order valence-corrected chi connectivity index (χ4v) is 6.98. The van der Waals surface area contributed by atoms with Crippen LogP contribution in [0.25, 0.3) is 44.1 Å². The Morgan fingerprint density at radius 2 is 1.36 bits per heavy atom. The molecule has 1 atom stereocenters. The lowest BCUT2D eigenvalue weighted by atomic mass is 10.1. The molecule has 5 aromatic carbocycles. The van der Waals surface area contributed by atoms with Crippen molar-refractivity contribution in [2.45, 2.75) is 20.0 Å². The van der Waals surface area contributed by atoms with Gasteiger partial charge in [0.05, 0.1) is 22.2 Å². The molecule has 4 heteroatoms. The second kappa shape index (κ2) is 10.8. The van der Waals surface area contributed by atoms with Gasteiger partial charge in [-0.2, -0.15) is 0 Å². The van der Waals surface area contributed by atoms with Crippen LogP contribution in [0.1, 0.15) is 12.5 Å². The Labute approximate surface area is 263 Å². The molecule has 2 aromatic heterocycles. The number of rotatable bonds is 6. The molecule has 45 heavy (non-hydrogen) atoms. The van der Waals surface area contributed by atoms with Crippen molar-refractivity contribution in [1.29, 1.82) is 0 Å². The summed E-state index contributed by atoms with van der Waals surface area (Å²) in [7, 11) is 0. The van der Waals surface area contributed by atoms with Gasteiger partial charge in [0.1, 0.15) is 12.0 Å². The van der Waals surface area contributed by atoms with Gasteiger partial charge in [-0.15, -0.1) is 0 Å². The zero-order chi connectivity index (χ0) is 30.5. The Morgan fingerprint density at radius 3 is 2.09 bits per heavy atom. The largest absolute Gasteiger partial charge is 0.345 e. The quantitative estimate of drug-likeness (QED) is 0.197. The number of hydrogen-bond acceptors (Lipinski definition) is 2. The Bertz CT molecular complexity index is 2280. The maximum atomic E-state index is 3.97. The van der Waals surface area contributed by atoms with E-state index in [1.165, 1.54) is 49.7 Å². The number of anilines is 3. The fraction of sp³-hybridized carbons (Fsp3) is 0.0732. The van der Waals surface area contributed by atoms with E-state index in [0.29, 0.717) is 0 Å². The van der Waals surface area contributed by atoms with Crippen LogP contribution in [-0.2, 0) is 0 Å². The number of hydrogen-bond donors (Lipinski definition) is 1. The first-order chi connectivity index (χ1) is 22.2. The minimum atomic E-state index is -0.0954. The molecule has 0 saturated heterocycles. The van der Waals surface area contributed by atoms with Gasteiger partial charge in [0.2, 0.25) is 0 Å². The van der Waals surface area contributed by atoms with Crippen molar-refractivity contribution in [1.82, 2.24) is 9.13 Å². The summed E-state index contributed by atoms with van der Waals surface area (Å²) in [6, 6.07) is 43.6. The van der Waals surface area contributed by atoms with Crippen molar-refractivity contribution in [2.75, 3.05) is 10.2 Å². The summed E-state index contributed by atoms with van der Waals surface area (Å²) in [5, 5.41) is 7.66. The highest BCUT2D eigenvalue weighted by molar-refractivity contribution is 6.18. The second-order valence-electron chi connectivity index (χ2n) is 11.5. The average Bonchev–Trinajstić information content (AvgIpc) is 3.72. The molecule has 0 radical (unpaired) electrons. The van der Waals surface area contributed by atoms with Crippen LogP contribution in [0.15, 0.2) is 158 Å². The predicted molar refractivity (Wildman–Crippen MR) is 191 cm³/mol. The monoisotopic (exact) mass is 582 g/mol. The Kier molecular flexibility index (Phi) is 6.42. The van der Waals surface area contributed by atoms with Gasteiger partial charge in [-0.3, -0.25) is 4.57 Å². The third kappa shape index (κ3) is 4.14. The van der Waals surface area contributed by atoms with E-state index in [1.807, 2.05) is 12.2 Å². The first-order valence-corrected chi connectivity index (χ1v) is 15.5. The van der Waals surface area contributed by atoms with Gasteiger partial charge < -0.3 is 14.8 Å². The lowest BCUT2D eigenvalue weighted by Crippen LogP contribution is -2.33. The van der Waals surface area contributed by atoms with Crippen LogP contribution in [-0.4, -0.2) is 15.3 Å². The van der Waals surface area contributed by atoms with Gasteiger partial charge in [0.25, 0.3) is 0 Å². The summed E-state index contributed by atoms with van der Waals surface area (Å²) in [5.74, 6) is 1.08. The van der Waals surface area contributed by atoms with E-state index in [-0.39, 0.29) is 6.17 Å². The SMILES string of the molecule is C=C/C=C\C(=C/C)C1Nc2c(c3cc4c5ccccc5n(-c5ccccc5C)c4cc3n2-c2ccccc2)N1c1ccccc1. The maximum absolute atomic E-state index is 3.97. The molecule has 0 bridgehead atoms. The van der Waals surface area contributed by atoms with Crippen molar-refractivity contribution in [3.63, 3.8) is 0 Å². The van der Waals surface area contributed by atoms with Crippen LogP contribution in [0, 0.1) is 6.92 Å². The first-order valence-electron chi connectivity index (χ1n) is 15.5. The molecule has 3 heterocycles. The smallest absolute Gasteiger partial charge is 0.138 e. The number of nitrogens with zero attached hydrogens (tertiary/aromatic N) is 3. The topological polar surface area (TPSA) is 25.1 Å². The van der Waals surface area contributed by atoms with Gasteiger partial charge >= 0.3 is 0 Å². The predicted octanol–water partition coefficient (Wildman–Crippen LogP) is 10.6. The summed E-state index contributed by atoms with van der Waals surface area (Å²) < 4.78 is 4.82. The molecule has 8 rings (SSSR count). The molecule has 7 aromatic rings. The van der Waals surface area contributed by atoms with Crippen LogP contribution in [0.2, 0.25) is 0 Å². The van der Waals surface area contributed by atoms with E-state index in [2.05, 4.69) is 173 Å². The highest BCUT2D eigenvalue weighted by Crippen LogP contribution is 2.51. The number of allylic oxidation sites excluding steroid dienone is 3. The molecule has 0 saturated carbocycles. The molecule has 218 valence electrons. The zero-order valence-corrected chi connectivity index (χ0v) is 25.5. The molecular formula is C41H34N4. The van der Waals surface area contributed by atoms with E-state index in [0.717, 1.165) is 22.7 Å². The van der Waals surface area contributed by atoms with Crippen LogP contribution < -0.4 is 10.2 Å². The van der Waals surface area contributed by atoms with Gasteiger partial charge in [0, 0.05) is 33.2 Å². The molecule has 4 nitrogen and oxygen atoms in total. The van der Waals surface area contributed by atoms with Crippen LogP contribution >= 0.6 is 0 Å². The Morgan fingerprint density at radius 1 is 0.689 bits per heavy atom. The molecule has 1 N–H and O–H groups in total. The second-order valence-corrected chi connectivity index (χ2v) is 11.5. The molecular weight excluding hydrogens is 548 g/mol. The van der Waals surface area contributed by atoms with Gasteiger partial charge in [0.15, 0.2) is 0 Å². The summed E-state index contributed by atoms with van der Waals surface area (Å²) >= 11 is 0. The van der Waals surface area contributed by atoms with Gasteiger partial charge in [-0.25, -0.2) is 0 Å². The van der Waals surface area contributed by atoms with E-state index in [1.54, 1.807) is 0 Å². The molecule has 0 amide bonds. The number of aromatic nitrogens is 2. The zero-order valence-electron chi connectivity index (χ0n) is 25.5. The Balaban J connectivity index is 1.51. The summed E-state index contributed by atoms with van der Waals surface area (Å²) in [6.07, 6.45) is 8.08. The molecule has 1 aliphatic heterocycles. The van der Waals surface area contributed by atoms with Crippen LogP contribution in [0.5, 0.6) is 0 Å². The lowest BCUT2D eigenvalue weighted by molar-refractivity contribution is 0.881. The number of para-hydroxylation sites is 4. The van der Waals surface area contributed by atoms with Crippen LogP contribution in [0.4, 0.5) is 17.2 Å². The number of aryl methyl sites for hydroxylation is 1. The lowest BCUT2D eigenvalue weighted by Gasteiger charge is -2.28. The summed E-state index contributed by atoms with van der Waals surface area (Å²) in [4.78, 5) is 2.45. The summed E-state index contributed by atoms with van der Waals surface area (Å²) in [6.45, 7) is 8.22. The van der Waals surface area contributed by atoms with E-state index in [9.17, 15) is 0 Å². The normalized spacial score (nSPS) is 14.9. The fourth-order valence-electron chi connectivity index (χ4n) is 6.98. The van der Waals surface area contributed by atoms with Crippen molar-refractivity contribution < 1.29 is 0 Å². The number of fused-ring (bicyclic) bond motifs is 6. The third-order valence-corrected chi connectivity index (χ3v) is 8.99. The van der Waals surface area contributed by atoms with Crippen molar-refractivity contribution in [3.8, 4) is 11.4 Å². The highest BCUT2D eigenvalue weighted by Gasteiger charge is 2.37. The maximum Gasteiger partial charge on any atom is 0.138 e. The van der Waals surface area contributed by atoms with Gasteiger partial charge in [-0.05, 0) is 73.5 Å². The average molecular weight is 583 g/mol. The molecule has 0 aliphatic carbocycles. The molecule has 1 aliphatic rings. The van der Waals surface area contributed by atoms with Crippen molar-refractivity contribution in [2.24, 2.45) is 0 Å². The molecule has 0 spiro atoms. The van der Waals surface area contributed by atoms with E-state index >= 15 is 0 Å². The number of nitrogens with one attached hydrogen (secondary N) is 1. The molecule has 0 fully saturated rings. The standard InChI is InChI=1S/C41H34N4/c1-4-6-18-29(5-2)40-42-41-39(44(40)31-21-11-8-12-22-31)34-26-33-32-23-14-16-25-36(32)45(35-24-15-13-17-28(35)3)37(33)27-38(34)43(41)30-19-9-7-10-20-30/h4-27,40,42H,1H2,2-3H3/b18-6-,29-5+. The van der Waals surface area contributed by atoms with Crippen LogP contribution in [0.3, 0.4) is 0 Å². The highest BCUT2D eigenvalue weighted by atomic mass is 15.4. The minimum Gasteiger partial charge on any atom is -0.345 e. The summed E-state index contributed by atoms with van der Waals surface area (Å²) in [5.41, 5.74) is 10.6.